The Morgan fingerprint density at radius 2 is 1.91 bits per heavy atom. The smallest absolute Gasteiger partial charge is 0.419 e. The van der Waals surface area contributed by atoms with Crippen LogP contribution in [0.1, 0.15) is 5.56 Å². The fourth-order valence-corrected chi connectivity index (χ4v) is 2.52. The fraction of sp³-hybridized carbons (Fsp3) is 0.125. The Kier molecular flexibility index (Phi) is 3.85. The molecule has 0 aliphatic rings. The van der Waals surface area contributed by atoms with Crippen LogP contribution < -0.4 is 4.74 Å². The summed E-state index contributed by atoms with van der Waals surface area (Å²) in [5.74, 6) is -0.244. The summed E-state index contributed by atoms with van der Waals surface area (Å²) in [6.07, 6.45) is -2.95. The first-order valence-electron chi connectivity index (χ1n) is 6.57. The summed E-state index contributed by atoms with van der Waals surface area (Å²) in [6.45, 7) is 0. The van der Waals surface area contributed by atoms with Crippen LogP contribution in [0.4, 0.5) is 13.2 Å². The number of methoxy groups -OCH3 is 1. The lowest BCUT2D eigenvalue weighted by Crippen LogP contribution is -2.07. The van der Waals surface area contributed by atoms with Crippen LogP contribution in [0.3, 0.4) is 0 Å². The third-order valence-electron chi connectivity index (χ3n) is 3.35. The molecule has 0 N–H and O–H groups in total. The number of nitrogens with zero attached hydrogens (tertiary/aromatic N) is 2. The van der Waals surface area contributed by atoms with Crippen LogP contribution >= 0.6 is 11.6 Å². The Morgan fingerprint density at radius 3 is 2.61 bits per heavy atom. The molecule has 3 nitrogen and oxygen atoms in total. The molecule has 0 aliphatic heterocycles. The van der Waals surface area contributed by atoms with Crippen LogP contribution in [-0.4, -0.2) is 17.1 Å². The molecular weight excluding hydrogens is 329 g/mol. The first-order chi connectivity index (χ1) is 10.9. The number of hydrogen-bond donors (Lipinski definition) is 0. The Balaban J connectivity index is 2.19. The highest BCUT2D eigenvalue weighted by Crippen LogP contribution is 2.38. The van der Waals surface area contributed by atoms with Gasteiger partial charge in [-0.15, -0.1) is 0 Å². The minimum atomic E-state index is -4.53. The van der Waals surface area contributed by atoms with Gasteiger partial charge in [0, 0.05) is 17.1 Å². The van der Waals surface area contributed by atoms with Crippen LogP contribution in [-0.2, 0) is 6.18 Å². The van der Waals surface area contributed by atoms with E-state index in [4.69, 9.17) is 16.3 Å². The molecule has 0 spiro atoms. The number of aromatic nitrogens is 2. The van der Waals surface area contributed by atoms with Gasteiger partial charge in [-0.3, -0.25) is 4.98 Å². The second-order valence-corrected chi connectivity index (χ2v) is 5.14. The predicted molar refractivity (Wildman–Crippen MR) is 81.5 cm³/mol. The summed E-state index contributed by atoms with van der Waals surface area (Å²) in [5.41, 5.74) is 0.297. The molecule has 0 amide bonds. The normalized spacial score (nSPS) is 11.7. The van der Waals surface area contributed by atoms with Gasteiger partial charge in [0.15, 0.2) is 0 Å². The van der Waals surface area contributed by atoms with Crippen molar-refractivity contribution in [3.05, 3.63) is 53.3 Å². The van der Waals surface area contributed by atoms with E-state index >= 15 is 0 Å². The number of pyridine rings is 2. The molecule has 3 rings (SSSR count). The van der Waals surface area contributed by atoms with Gasteiger partial charge in [0.25, 0.3) is 0 Å². The summed E-state index contributed by atoms with van der Waals surface area (Å²) in [5, 5.41) is 0.831. The van der Waals surface area contributed by atoms with Crippen LogP contribution in [0.25, 0.3) is 22.2 Å². The van der Waals surface area contributed by atoms with Crippen molar-refractivity contribution in [2.75, 3.05) is 7.11 Å². The first-order valence-corrected chi connectivity index (χ1v) is 6.95. The van der Waals surface area contributed by atoms with Gasteiger partial charge in [0.05, 0.1) is 23.9 Å². The van der Waals surface area contributed by atoms with Crippen LogP contribution in [0.2, 0.25) is 5.15 Å². The average molecular weight is 339 g/mol. The largest absolute Gasteiger partial charge is 0.496 e. The van der Waals surface area contributed by atoms with E-state index in [-0.39, 0.29) is 16.5 Å². The molecule has 1 aromatic carbocycles. The van der Waals surface area contributed by atoms with Gasteiger partial charge in [0.2, 0.25) is 0 Å². The second kappa shape index (κ2) is 5.70. The number of halogens is 4. The second-order valence-electron chi connectivity index (χ2n) is 4.78. The molecule has 0 bridgehead atoms. The minimum Gasteiger partial charge on any atom is -0.496 e. The Labute approximate surface area is 134 Å². The van der Waals surface area contributed by atoms with Gasteiger partial charge in [-0.05, 0) is 36.4 Å². The zero-order valence-corrected chi connectivity index (χ0v) is 12.6. The molecule has 23 heavy (non-hydrogen) atoms. The summed E-state index contributed by atoms with van der Waals surface area (Å²) in [6, 6.07) is 8.81. The molecule has 0 saturated heterocycles. The standard InChI is InChI=1S/C16H10ClF3N2O/c1-23-14-5-4-9(7-11(14)16(18,19)20)12-8-13-10(15(17)22-12)3-2-6-21-13/h2-8H,1H3. The zero-order chi connectivity index (χ0) is 16.6. The summed E-state index contributed by atoms with van der Waals surface area (Å²) < 4.78 is 44.2. The Morgan fingerprint density at radius 1 is 1.13 bits per heavy atom. The molecule has 0 atom stereocenters. The maximum Gasteiger partial charge on any atom is 0.419 e. The molecule has 0 radical (unpaired) electrons. The fourth-order valence-electron chi connectivity index (χ4n) is 2.27. The lowest BCUT2D eigenvalue weighted by Gasteiger charge is -2.13. The third-order valence-corrected chi connectivity index (χ3v) is 3.64. The molecule has 7 heteroatoms. The van der Waals surface area contributed by atoms with Crippen molar-refractivity contribution in [1.82, 2.24) is 9.97 Å². The number of benzene rings is 1. The Hall–Kier alpha value is -2.34. The van der Waals surface area contributed by atoms with E-state index in [2.05, 4.69) is 9.97 Å². The van der Waals surface area contributed by atoms with E-state index in [0.717, 1.165) is 6.07 Å². The number of ether oxygens (including phenoxy) is 1. The van der Waals surface area contributed by atoms with E-state index in [1.807, 2.05) is 0 Å². The highest BCUT2D eigenvalue weighted by Gasteiger charge is 2.34. The molecule has 0 fully saturated rings. The maximum atomic E-state index is 13.1. The monoisotopic (exact) mass is 338 g/mol. The van der Waals surface area contributed by atoms with Gasteiger partial charge < -0.3 is 4.74 Å². The van der Waals surface area contributed by atoms with Crippen molar-refractivity contribution < 1.29 is 17.9 Å². The Bertz CT molecular complexity index is 881. The topological polar surface area (TPSA) is 35.0 Å². The predicted octanol–water partition coefficient (Wildman–Crippen LogP) is 4.98. The quantitative estimate of drug-likeness (QED) is 0.618. The van der Waals surface area contributed by atoms with Gasteiger partial charge in [0.1, 0.15) is 10.9 Å². The average Bonchev–Trinajstić information content (AvgIpc) is 2.53. The molecule has 0 saturated carbocycles. The van der Waals surface area contributed by atoms with E-state index in [1.54, 1.807) is 24.4 Å². The van der Waals surface area contributed by atoms with Gasteiger partial charge in [-0.25, -0.2) is 4.98 Å². The van der Waals surface area contributed by atoms with E-state index in [0.29, 0.717) is 16.6 Å². The molecule has 3 aromatic rings. The molecule has 2 heterocycles. The minimum absolute atomic E-state index is 0.190. The van der Waals surface area contributed by atoms with Crippen molar-refractivity contribution >= 4 is 22.5 Å². The van der Waals surface area contributed by atoms with E-state index in [1.165, 1.54) is 19.2 Å². The van der Waals surface area contributed by atoms with Crippen molar-refractivity contribution in [2.24, 2.45) is 0 Å². The van der Waals surface area contributed by atoms with Crippen molar-refractivity contribution in [3.63, 3.8) is 0 Å². The SMILES string of the molecule is COc1ccc(-c2cc3ncccc3c(Cl)n2)cc1C(F)(F)F. The van der Waals surface area contributed by atoms with Crippen molar-refractivity contribution in [1.29, 1.82) is 0 Å². The molecule has 118 valence electrons. The molecule has 2 aromatic heterocycles. The van der Waals surface area contributed by atoms with Crippen molar-refractivity contribution in [3.8, 4) is 17.0 Å². The molecule has 0 unspecified atom stereocenters. The van der Waals surface area contributed by atoms with Gasteiger partial charge in [-0.1, -0.05) is 11.6 Å². The number of fused-ring (bicyclic) bond motifs is 1. The number of rotatable bonds is 2. The van der Waals surface area contributed by atoms with Crippen LogP contribution in [0, 0.1) is 0 Å². The van der Waals surface area contributed by atoms with E-state index < -0.39 is 11.7 Å². The highest BCUT2D eigenvalue weighted by molar-refractivity contribution is 6.34. The lowest BCUT2D eigenvalue weighted by molar-refractivity contribution is -0.138. The molecular formula is C16H10ClF3N2O. The van der Waals surface area contributed by atoms with E-state index in [9.17, 15) is 13.2 Å². The molecule has 0 aliphatic carbocycles. The third kappa shape index (κ3) is 2.94. The summed E-state index contributed by atoms with van der Waals surface area (Å²) >= 11 is 6.10. The van der Waals surface area contributed by atoms with Crippen molar-refractivity contribution in [2.45, 2.75) is 6.18 Å². The number of hydrogen-bond acceptors (Lipinski definition) is 3. The van der Waals surface area contributed by atoms with Gasteiger partial charge in [-0.2, -0.15) is 13.2 Å². The lowest BCUT2D eigenvalue weighted by atomic mass is 10.1. The number of alkyl halides is 3. The highest BCUT2D eigenvalue weighted by atomic mass is 35.5. The zero-order valence-electron chi connectivity index (χ0n) is 11.9. The maximum absolute atomic E-state index is 13.1. The summed E-state index contributed by atoms with van der Waals surface area (Å²) in [4.78, 5) is 8.33. The van der Waals surface area contributed by atoms with Crippen LogP contribution in [0.5, 0.6) is 5.75 Å². The summed E-state index contributed by atoms with van der Waals surface area (Å²) in [7, 11) is 1.19. The first kappa shape index (κ1) is 15.6. The van der Waals surface area contributed by atoms with Gasteiger partial charge >= 0.3 is 6.18 Å². The van der Waals surface area contributed by atoms with Crippen LogP contribution in [0.15, 0.2) is 42.6 Å².